The molecule has 0 bridgehead atoms. The fourth-order valence-corrected chi connectivity index (χ4v) is 1.12. The van der Waals surface area contributed by atoms with Gasteiger partial charge in [-0.25, -0.2) is 4.79 Å². The van der Waals surface area contributed by atoms with Crippen LogP contribution in [0, 0.1) is 0 Å². The molecule has 0 saturated heterocycles. The van der Waals surface area contributed by atoms with Crippen molar-refractivity contribution in [3.05, 3.63) is 36.3 Å². The van der Waals surface area contributed by atoms with Gasteiger partial charge in [0.2, 0.25) is 0 Å². The molecule has 2 aromatic heterocycles. The Bertz CT molecular complexity index is 465. The van der Waals surface area contributed by atoms with Crippen LogP contribution in [0.3, 0.4) is 0 Å². The summed E-state index contributed by atoms with van der Waals surface area (Å²) in [6.07, 6.45) is 3.28. The first-order chi connectivity index (χ1) is 7.31. The van der Waals surface area contributed by atoms with Gasteiger partial charge in [-0.2, -0.15) is 0 Å². The maximum absolute atomic E-state index is 11.1. The van der Waals surface area contributed by atoms with Crippen LogP contribution < -0.4 is 0 Å². The van der Waals surface area contributed by atoms with E-state index >= 15 is 0 Å². The Balaban J connectivity index is 2.32. The molecule has 0 spiro atoms. The van der Waals surface area contributed by atoms with Crippen LogP contribution in [0.5, 0.6) is 0 Å². The fourth-order valence-electron chi connectivity index (χ4n) is 1.12. The van der Waals surface area contributed by atoms with E-state index in [4.69, 9.17) is 4.52 Å². The third kappa shape index (κ3) is 1.85. The summed E-state index contributed by atoms with van der Waals surface area (Å²) in [6, 6.07) is 5.10. The van der Waals surface area contributed by atoms with Crippen molar-refractivity contribution in [2.24, 2.45) is 0 Å². The Labute approximate surface area is 85.7 Å². The fraction of sp³-hybridized carbons (Fsp3) is 0.100. The van der Waals surface area contributed by atoms with E-state index in [-0.39, 0.29) is 5.69 Å². The van der Waals surface area contributed by atoms with Crippen LogP contribution in [-0.2, 0) is 4.74 Å². The molecule has 0 amide bonds. The highest BCUT2D eigenvalue weighted by Gasteiger charge is 2.13. The lowest BCUT2D eigenvalue weighted by molar-refractivity contribution is 0.0589. The second-order valence-electron chi connectivity index (χ2n) is 2.81. The Morgan fingerprint density at radius 1 is 1.53 bits per heavy atom. The molecule has 0 aliphatic rings. The molecule has 2 heterocycles. The number of carbonyl (C=O) groups excluding carboxylic acids is 1. The minimum Gasteiger partial charge on any atom is -0.464 e. The number of ether oxygens (including phenoxy) is 1. The van der Waals surface area contributed by atoms with Gasteiger partial charge in [0, 0.05) is 24.0 Å². The molecule has 0 radical (unpaired) electrons. The van der Waals surface area contributed by atoms with Gasteiger partial charge >= 0.3 is 5.97 Å². The Morgan fingerprint density at radius 3 is 3.07 bits per heavy atom. The number of aromatic nitrogens is 2. The van der Waals surface area contributed by atoms with Gasteiger partial charge in [-0.05, 0) is 12.1 Å². The minimum absolute atomic E-state index is 0.149. The van der Waals surface area contributed by atoms with Gasteiger partial charge in [-0.1, -0.05) is 5.16 Å². The number of methoxy groups -OCH3 is 1. The van der Waals surface area contributed by atoms with Gasteiger partial charge in [-0.15, -0.1) is 0 Å². The van der Waals surface area contributed by atoms with Crippen LogP contribution >= 0.6 is 0 Å². The highest BCUT2D eigenvalue weighted by atomic mass is 16.5. The van der Waals surface area contributed by atoms with Gasteiger partial charge in [0.25, 0.3) is 0 Å². The van der Waals surface area contributed by atoms with Crippen molar-refractivity contribution in [3.8, 4) is 11.3 Å². The van der Waals surface area contributed by atoms with Crippen LogP contribution in [-0.4, -0.2) is 23.2 Å². The summed E-state index contributed by atoms with van der Waals surface area (Å²) in [4.78, 5) is 15.0. The molecule has 5 heteroatoms. The lowest BCUT2D eigenvalue weighted by Crippen LogP contribution is -2.00. The number of nitrogens with zero attached hydrogens (tertiary/aromatic N) is 2. The lowest BCUT2D eigenvalue weighted by atomic mass is 10.2. The molecule has 76 valence electrons. The lowest BCUT2D eigenvalue weighted by Gasteiger charge is -1.91. The van der Waals surface area contributed by atoms with Gasteiger partial charge in [0.15, 0.2) is 11.5 Å². The molecule has 0 saturated carbocycles. The van der Waals surface area contributed by atoms with E-state index in [0.717, 1.165) is 5.56 Å². The monoisotopic (exact) mass is 204 g/mol. The largest absolute Gasteiger partial charge is 0.464 e. The highest BCUT2D eigenvalue weighted by molar-refractivity contribution is 5.88. The van der Waals surface area contributed by atoms with Gasteiger partial charge in [-0.3, -0.25) is 4.98 Å². The predicted molar refractivity (Wildman–Crippen MR) is 51.1 cm³/mol. The van der Waals surface area contributed by atoms with Crippen molar-refractivity contribution in [3.63, 3.8) is 0 Å². The van der Waals surface area contributed by atoms with E-state index in [2.05, 4.69) is 14.9 Å². The van der Waals surface area contributed by atoms with Crippen LogP contribution in [0.1, 0.15) is 10.5 Å². The van der Waals surface area contributed by atoms with E-state index in [9.17, 15) is 4.79 Å². The molecule has 2 aromatic rings. The summed E-state index contributed by atoms with van der Waals surface area (Å²) >= 11 is 0. The van der Waals surface area contributed by atoms with E-state index in [0.29, 0.717) is 5.76 Å². The average molecular weight is 204 g/mol. The normalized spacial score (nSPS) is 9.93. The first kappa shape index (κ1) is 9.39. The molecule has 0 fully saturated rings. The van der Waals surface area contributed by atoms with Crippen molar-refractivity contribution in [1.29, 1.82) is 0 Å². The number of pyridine rings is 1. The molecule has 5 nitrogen and oxygen atoms in total. The molecular weight excluding hydrogens is 196 g/mol. The SMILES string of the molecule is COC(=O)c1cc(-c2cccnc2)on1. The van der Waals surface area contributed by atoms with Gasteiger partial charge < -0.3 is 9.26 Å². The van der Waals surface area contributed by atoms with E-state index in [1.54, 1.807) is 18.5 Å². The molecule has 0 N–H and O–H groups in total. The van der Waals surface area contributed by atoms with Crippen molar-refractivity contribution in [2.75, 3.05) is 7.11 Å². The number of esters is 1. The summed E-state index contributed by atoms with van der Waals surface area (Å²) in [5, 5.41) is 3.59. The van der Waals surface area contributed by atoms with Crippen LogP contribution in [0.2, 0.25) is 0 Å². The topological polar surface area (TPSA) is 65.2 Å². The van der Waals surface area contributed by atoms with E-state index < -0.39 is 5.97 Å². The van der Waals surface area contributed by atoms with Crippen molar-refractivity contribution in [2.45, 2.75) is 0 Å². The average Bonchev–Trinajstić information content (AvgIpc) is 2.78. The third-order valence-electron chi connectivity index (χ3n) is 1.85. The first-order valence-electron chi connectivity index (χ1n) is 4.26. The van der Waals surface area contributed by atoms with E-state index in [1.807, 2.05) is 6.07 Å². The highest BCUT2D eigenvalue weighted by Crippen LogP contribution is 2.18. The van der Waals surface area contributed by atoms with Crippen LogP contribution in [0.4, 0.5) is 0 Å². The van der Waals surface area contributed by atoms with E-state index in [1.165, 1.54) is 13.2 Å². The Morgan fingerprint density at radius 2 is 2.40 bits per heavy atom. The Kier molecular flexibility index (Phi) is 2.45. The standard InChI is InChI=1S/C10H8N2O3/c1-14-10(13)8-5-9(15-12-8)7-3-2-4-11-6-7/h2-6H,1H3. The Hall–Kier alpha value is -2.17. The molecule has 15 heavy (non-hydrogen) atoms. The van der Waals surface area contributed by atoms with Crippen molar-refractivity contribution < 1.29 is 14.1 Å². The zero-order valence-corrected chi connectivity index (χ0v) is 8.01. The zero-order chi connectivity index (χ0) is 10.7. The number of hydrogen-bond acceptors (Lipinski definition) is 5. The van der Waals surface area contributed by atoms with Gasteiger partial charge in [0.05, 0.1) is 7.11 Å². The first-order valence-corrected chi connectivity index (χ1v) is 4.26. The summed E-state index contributed by atoms with van der Waals surface area (Å²) < 4.78 is 9.49. The predicted octanol–water partition coefficient (Wildman–Crippen LogP) is 1.52. The van der Waals surface area contributed by atoms with Crippen molar-refractivity contribution >= 4 is 5.97 Å². The smallest absolute Gasteiger partial charge is 0.360 e. The zero-order valence-electron chi connectivity index (χ0n) is 8.01. The third-order valence-corrected chi connectivity index (χ3v) is 1.85. The molecular formula is C10H8N2O3. The van der Waals surface area contributed by atoms with Crippen LogP contribution in [0.25, 0.3) is 11.3 Å². The molecule has 2 rings (SSSR count). The maximum Gasteiger partial charge on any atom is 0.360 e. The summed E-state index contributed by atoms with van der Waals surface area (Å²) in [5.41, 5.74) is 0.913. The summed E-state index contributed by atoms with van der Waals surface area (Å²) in [6.45, 7) is 0. The molecule has 0 unspecified atom stereocenters. The quantitative estimate of drug-likeness (QED) is 0.694. The molecule has 0 aliphatic carbocycles. The molecule has 0 aromatic carbocycles. The molecule has 0 atom stereocenters. The maximum atomic E-state index is 11.1. The summed E-state index contributed by atoms with van der Waals surface area (Å²) in [5.74, 6) is -0.0302. The number of hydrogen-bond donors (Lipinski definition) is 0. The van der Waals surface area contributed by atoms with Gasteiger partial charge in [0.1, 0.15) is 0 Å². The second kappa shape index (κ2) is 3.91. The number of rotatable bonds is 2. The van der Waals surface area contributed by atoms with Crippen LogP contribution in [0.15, 0.2) is 35.1 Å². The number of carbonyl (C=O) groups is 1. The second-order valence-corrected chi connectivity index (χ2v) is 2.81. The van der Waals surface area contributed by atoms with Crippen molar-refractivity contribution in [1.82, 2.24) is 10.1 Å². The minimum atomic E-state index is -0.520. The summed E-state index contributed by atoms with van der Waals surface area (Å²) in [7, 11) is 1.29. The molecule has 0 aliphatic heterocycles.